The highest BCUT2D eigenvalue weighted by Crippen LogP contribution is 2.41. The van der Waals surface area contributed by atoms with E-state index in [1.165, 1.54) is 11.3 Å². The number of hydrogen-bond acceptors (Lipinski definition) is 8. The number of hydrogen-bond donors (Lipinski definition) is 2. The molecule has 0 radical (unpaired) electrons. The van der Waals surface area contributed by atoms with Crippen LogP contribution in [0.4, 0.5) is 11.5 Å². The zero-order chi connectivity index (χ0) is 21.3. The van der Waals surface area contributed by atoms with Crippen molar-refractivity contribution in [3.05, 3.63) is 16.0 Å². The van der Waals surface area contributed by atoms with E-state index in [0.717, 1.165) is 6.42 Å². The summed E-state index contributed by atoms with van der Waals surface area (Å²) < 4.78 is 5.11. The molecule has 0 spiro atoms. The number of piperidine rings is 1. The number of nitrogens with two attached hydrogens (primary N) is 2. The lowest BCUT2D eigenvalue weighted by atomic mass is 9.94. The van der Waals surface area contributed by atoms with Crippen molar-refractivity contribution in [1.29, 1.82) is 5.26 Å². The molecule has 0 bridgehead atoms. The van der Waals surface area contributed by atoms with Crippen LogP contribution in [-0.2, 0) is 9.53 Å². The lowest BCUT2D eigenvalue weighted by Gasteiger charge is -2.31. The molecule has 1 unspecified atom stereocenters. The molecular formula is C20H25N5O3S. The van der Waals surface area contributed by atoms with Gasteiger partial charge in [0.05, 0.1) is 23.8 Å². The first kappa shape index (κ1) is 20.9. The van der Waals surface area contributed by atoms with Crippen LogP contribution >= 0.6 is 11.3 Å². The van der Waals surface area contributed by atoms with Gasteiger partial charge < -0.3 is 21.1 Å². The predicted octanol–water partition coefficient (Wildman–Crippen LogP) is 2.87. The Labute approximate surface area is 173 Å². The number of anilines is 2. The number of thiophene rings is 1. The van der Waals surface area contributed by atoms with Gasteiger partial charge in [-0.1, -0.05) is 13.8 Å². The summed E-state index contributed by atoms with van der Waals surface area (Å²) in [4.78, 5) is 32.2. The maximum atomic E-state index is 13.2. The summed E-state index contributed by atoms with van der Waals surface area (Å²) in [6, 6.07) is 2.11. The predicted molar refractivity (Wildman–Crippen MR) is 113 cm³/mol. The average molecular weight is 416 g/mol. The van der Waals surface area contributed by atoms with Gasteiger partial charge in [0.15, 0.2) is 0 Å². The fourth-order valence-electron chi connectivity index (χ4n) is 3.81. The van der Waals surface area contributed by atoms with Gasteiger partial charge in [0, 0.05) is 18.5 Å². The maximum Gasteiger partial charge on any atom is 0.310 e. The van der Waals surface area contributed by atoms with Crippen molar-refractivity contribution in [2.75, 3.05) is 31.2 Å². The second-order valence-corrected chi connectivity index (χ2v) is 8.42. The van der Waals surface area contributed by atoms with Crippen LogP contribution in [0.15, 0.2) is 0 Å². The number of ether oxygens (including phenoxy) is 1. The van der Waals surface area contributed by atoms with Crippen molar-refractivity contribution in [2.24, 2.45) is 5.92 Å². The van der Waals surface area contributed by atoms with E-state index < -0.39 is 0 Å². The molecule has 3 rings (SSSR count). The van der Waals surface area contributed by atoms with Gasteiger partial charge in [0.25, 0.3) is 5.91 Å². The number of likely N-dealkylation sites (tertiary alicyclic amines) is 1. The SMILES string of the molecule is CCOC(=O)C1CCCN(C(=O)c2sc3nc(N)c(C#N)c(C(C)C)c3c2N)C1. The summed E-state index contributed by atoms with van der Waals surface area (Å²) >= 11 is 1.18. The van der Waals surface area contributed by atoms with E-state index in [1.54, 1.807) is 11.8 Å². The van der Waals surface area contributed by atoms with E-state index >= 15 is 0 Å². The van der Waals surface area contributed by atoms with E-state index in [0.29, 0.717) is 58.0 Å². The first-order chi connectivity index (χ1) is 13.8. The molecule has 9 heteroatoms. The van der Waals surface area contributed by atoms with Crippen molar-refractivity contribution in [3.63, 3.8) is 0 Å². The second-order valence-electron chi connectivity index (χ2n) is 7.42. The molecular weight excluding hydrogens is 390 g/mol. The number of carbonyl (C=O) groups is 2. The number of fused-ring (bicyclic) bond motifs is 1. The van der Waals surface area contributed by atoms with E-state index in [4.69, 9.17) is 16.2 Å². The molecule has 8 nitrogen and oxygen atoms in total. The Bertz CT molecular complexity index is 1010. The van der Waals surface area contributed by atoms with E-state index in [2.05, 4.69) is 11.1 Å². The van der Waals surface area contributed by atoms with Crippen molar-refractivity contribution in [2.45, 2.75) is 39.5 Å². The van der Waals surface area contributed by atoms with Gasteiger partial charge in [-0.3, -0.25) is 9.59 Å². The highest BCUT2D eigenvalue weighted by Gasteiger charge is 2.32. The Morgan fingerprint density at radius 3 is 2.76 bits per heavy atom. The molecule has 3 heterocycles. The largest absolute Gasteiger partial charge is 0.466 e. The molecule has 1 aliphatic heterocycles. The standard InChI is InChI=1S/C20H25N5O3S/c1-4-28-20(27)11-6-5-7-25(9-11)19(26)16-15(22)14-13(10(2)3)12(8-21)17(23)24-18(14)29-16/h10-11H,4-7,9,22H2,1-3H3,(H2,23,24). The first-order valence-electron chi connectivity index (χ1n) is 9.67. The Hall–Kier alpha value is -2.86. The zero-order valence-electron chi connectivity index (χ0n) is 16.8. The van der Waals surface area contributed by atoms with Crippen LogP contribution in [-0.4, -0.2) is 41.5 Å². The van der Waals surface area contributed by atoms with Crippen molar-refractivity contribution >= 4 is 44.9 Å². The molecule has 2 aromatic heterocycles. The Morgan fingerprint density at radius 2 is 2.14 bits per heavy atom. The van der Waals surface area contributed by atoms with Crippen LogP contribution in [0.2, 0.25) is 0 Å². The summed E-state index contributed by atoms with van der Waals surface area (Å²) in [5.74, 6) is -0.700. The molecule has 2 aromatic rings. The van der Waals surface area contributed by atoms with Gasteiger partial charge in [-0.2, -0.15) is 5.26 Å². The van der Waals surface area contributed by atoms with Crippen LogP contribution < -0.4 is 11.5 Å². The number of nitrogens with zero attached hydrogens (tertiary/aromatic N) is 3. The minimum atomic E-state index is -0.326. The Morgan fingerprint density at radius 1 is 1.41 bits per heavy atom. The fourth-order valence-corrected chi connectivity index (χ4v) is 4.90. The summed E-state index contributed by atoms with van der Waals surface area (Å²) in [5.41, 5.74) is 13.7. The van der Waals surface area contributed by atoms with Crippen molar-refractivity contribution in [3.8, 4) is 6.07 Å². The van der Waals surface area contributed by atoms with Gasteiger partial charge in [-0.05, 0) is 31.2 Å². The monoisotopic (exact) mass is 415 g/mol. The number of nitrogen functional groups attached to an aromatic ring is 2. The summed E-state index contributed by atoms with van der Waals surface area (Å²) in [5, 5.41) is 10.1. The van der Waals surface area contributed by atoms with Crippen LogP contribution in [0.25, 0.3) is 10.2 Å². The van der Waals surface area contributed by atoms with Gasteiger partial charge in [-0.15, -0.1) is 11.3 Å². The summed E-state index contributed by atoms with van der Waals surface area (Å²) in [7, 11) is 0. The topological polar surface area (TPSA) is 135 Å². The molecule has 1 aliphatic rings. The number of pyridine rings is 1. The van der Waals surface area contributed by atoms with E-state index in [-0.39, 0.29) is 29.5 Å². The fraction of sp³-hybridized carbons (Fsp3) is 0.500. The molecule has 1 fully saturated rings. The van der Waals surface area contributed by atoms with Crippen LogP contribution in [0.5, 0.6) is 0 Å². The summed E-state index contributed by atoms with van der Waals surface area (Å²) in [6.07, 6.45) is 1.42. The zero-order valence-corrected chi connectivity index (χ0v) is 17.6. The minimum absolute atomic E-state index is 0.0134. The number of esters is 1. The van der Waals surface area contributed by atoms with Crippen molar-refractivity contribution < 1.29 is 14.3 Å². The molecule has 4 N–H and O–H groups in total. The lowest BCUT2D eigenvalue weighted by Crippen LogP contribution is -2.42. The molecule has 1 saturated heterocycles. The highest BCUT2D eigenvalue weighted by molar-refractivity contribution is 7.21. The third kappa shape index (κ3) is 3.72. The average Bonchev–Trinajstić information content (AvgIpc) is 3.02. The number of carbonyl (C=O) groups excluding carboxylic acids is 2. The third-order valence-corrected chi connectivity index (χ3v) is 6.24. The van der Waals surface area contributed by atoms with E-state index in [9.17, 15) is 14.9 Å². The van der Waals surface area contributed by atoms with Gasteiger partial charge in [-0.25, -0.2) is 4.98 Å². The normalized spacial score (nSPS) is 16.8. The molecule has 154 valence electrons. The van der Waals surface area contributed by atoms with Crippen LogP contribution in [0, 0.1) is 17.2 Å². The molecule has 0 saturated carbocycles. The minimum Gasteiger partial charge on any atom is -0.466 e. The molecule has 1 atom stereocenters. The highest BCUT2D eigenvalue weighted by atomic mass is 32.1. The van der Waals surface area contributed by atoms with Crippen LogP contribution in [0.3, 0.4) is 0 Å². The second kappa shape index (κ2) is 8.25. The van der Waals surface area contributed by atoms with Gasteiger partial charge in [0.2, 0.25) is 0 Å². The molecule has 1 amide bonds. The third-order valence-electron chi connectivity index (χ3n) is 5.16. The van der Waals surface area contributed by atoms with Crippen LogP contribution in [0.1, 0.15) is 60.3 Å². The summed E-state index contributed by atoms with van der Waals surface area (Å²) in [6.45, 7) is 6.84. The van der Waals surface area contributed by atoms with Crippen molar-refractivity contribution in [1.82, 2.24) is 9.88 Å². The Balaban J connectivity index is 2.01. The van der Waals surface area contributed by atoms with Gasteiger partial charge >= 0.3 is 5.97 Å². The smallest absolute Gasteiger partial charge is 0.310 e. The lowest BCUT2D eigenvalue weighted by molar-refractivity contribution is -0.149. The quantitative estimate of drug-likeness (QED) is 0.733. The number of rotatable bonds is 4. The number of aromatic nitrogens is 1. The maximum absolute atomic E-state index is 13.2. The first-order valence-corrected chi connectivity index (χ1v) is 10.5. The Kier molecular flexibility index (Phi) is 5.94. The van der Waals surface area contributed by atoms with Gasteiger partial charge in [0.1, 0.15) is 21.6 Å². The molecule has 0 aliphatic carbocycles. The number of nitriles is 1. The number of amides is 1. The van der Waals surface area contributed by atoms with E-state index in [1.807, 2.05) is 13.8 Å². The molecule has 0 aromatic carbocycles. The molecule has 29 heavy (non-hydrogen) atoms.